The van der Waals surface area contributed by atoms with Gasteiger partial charge < -0.3 is 14.7 Å². The fourth-order valence-corrected chi connectivity index (χ4v) is 4.99. The molecule has 3 heterocycles. The third-order valence-electron chi connectivity index (χ3n) is 5.60. The van der Waals surface area contributed by atoms with Crippen molar-refractivity contribution >= 4 is 34.2 Å². The molecule has 0 fully saturated rings. The van der Waals surface area contributed by atoms with E-state index in [4.69, 9.17) is 16.7 Å². The van der Waals surface area contributed by atoms with Gasteiger partial charge >= 0.3 is 0 Å². The summed E-state index contributed by atoms with van der Waals surface area (Å²) in [5, 5.41) is 10.1. The van der Waals surface area contributed by atoms with E-state index in [1.165, 1.54) is 17.7 Å². The van der Waals surface area contributed by atoms with E-state index >= 15 is 0 Å². The fraction of sp³-hybridized carbons (Fsp3) is 0.160. The Balaban J connectivity index is 1.61. The molecule has 1 atom stereocenters. The van der Waals surface area contributed by atoms with Crippen molar-refractivity contribution in [2.45, 2.75) is 26.4 Å². The summed E-state index contributed by atoms with van der Waals surface area (Å²) in [6.45, 7) is 4.64. The lowest BCUT2D eigenvalue weighted by molar-refractivity contribution is 0.396. The number of hydrogen-bond acceptors (Lipinski definition) is 5. The Kier molecular flexibility index (Phi) is 5.78. The molecule has 0 saturated heterocycles. The second-order valence-electron chi connectivity index (χ2n) is 7.91. The Morgan fingerprint density at radius 2 is 1.97 bits per heavy atom. The molecular weight excluding hydrogens is 455 g/mol. The van der Waals surface area contributed by atoms with Gasteiger partial charge in [-0.2, -0.15) is 4.98 Å². The molecule has 5 nitrogen and oxygen atoms in total. The number of hydrogen-bond donors (Lipinski definition) is 1. The van der Waals surface area contributed by atoms with Crippen molar-refractivity contribution in [1.29, 1.82) is 0 Å². The number of halogens is 1. The van der Waals surface area contributed by atoms with E-state index in [-0.39, 0.29) is 5.82 Å². The summed E-state index contributed by atoms with van der Waals surface area (Å²) in [4.78, 5) is 7.61. The summed E-state index contributed by atoms with van der Waals surface area (Å²) in [7, 11) is 0. The Morgan fingerprint density at radius 3 is 2.73 bits per heavy atom. The first-order valence-electron chi connectivity index (χ1n) is 10.5. The minimum Gasteiger partial charge on any atom is -0.351 e. The molecule has 1 N–H and O–H groups in total. The van der Waals surface area contributed by atoms with Crippen LogP contribution in [0.3, 0.4) is 0 Å². The highest BCUT2D eigenvalue weighted by Gasteiger charge is 2.34. The minimum absolute atomic E-state index is 0.316. The van der Waals surface area contributed by atoms with Gasteiger partial charge in [-0.25, -0.2) is 4.39 Å². The van der Waals surface area contributed by atoms with Gasteiger partial charge in [0.25, 0.3) is 5.89 Å². The molecule has 2 aromatic carbocycles. The molecule has 4 aromatic rings. The monoisotopic (exact) mass is 476 g/mol. The average Bonchev–Trinajstić information content (AvgIpc) is 3.48. The van der Waals surface area contributed by atoms with Crippen LogP contribution in [0.5, 0.6) is 0 Å². The number of nitrogens with one attached hydrogen (secondary N) is 1. The van der Waals surface area contributed by atoms with Crippen LogP contribution in [0, 0.1) is 12.7 Å². The number of rotatable bonds is 5. The molecule has 166 valence electrons. The number of nitrogens with zero attached hydrogens (tertiary/aromatic N) is 3. The standard InChI is InChI=1S/C25H21FN4OS2/c1-15-6-3-7-17(12-15)14-30-16(2)21(24-28-23(29-31-24)20-10-5-11-33-20)22(27-25(30)32)18-8-4-9-19(26)13-18/h3-13,22H,14H2,1-2H3,(H,27,32). The number of aromatic nitrogens is 2. The topological polar surface area (TPSA) is 54.2 Å². The number of thiophene rings is 1. The quantitative estimate of drug-likeness (QED) is 0.351. The fourth-order valence-electron chi connectivity index (χ4n) is 4.02. The summed E-state index contributed by atoms with van der Waals surface area (Å²) in [6, 6.07) is 18.3. The van der Waals surface area contributed by atoms with Crippen LogP contribution in [0.4, 0.5) is 4.39 Å². The summed E-state index contributed by atoms with van der Waals surface area (Å²) >= 11 is 7.28. The van der Waals surface area contributed by atoms with Crippen molar-refractivity contribution < 1.29 is 8.91 Å². The molecule has 8 heteroatoms. The molecule has 0 spiro atoms. The third kappa shape index (κ3) is 4.31. The number of thiocarbonyl (C=S) groups is 1. The molecule has 0 bridgehead atoms. The molecule has 0 aliphatic carbocycles. The van der Waals surface area contributed by atoms with E-state index in [0.29, 0.717) is 23.4 Å². The van der Waals surface area contributed by atoms with E-state index in [2.05, 4.69) is 40.6 Å². The first kappa shape index (κ1) is 21.5. The van der Waals surface area contributed by atoms with Crippen molar-refractivity contribution in [2.75, 3.05) is 0 Å². The number of aryl methyl sites for hydroxylation is 1. The van der Waals surface area contributed by atoms with Crippen LogP contribution in [0.15, 0.2) is 76.3 Å². The molecule has 2 aromatic heterocycles. The first-order valence-corrected chi connectivity index (χ1v) is 11.8. The molecule has 33 heavy (non-hydrogen) atoms. The second kappa shape index (κ2) is 8.88. The average molecular weight is 477 g/mol. The smallest absolute Gasteiger partial charge is 0.258 e. The number of allylic oxidation sites excluding steroid dienone is 1. The lowest BCUT2D eigenvalue weighted by atomic mass is 9.94. The largest absolute Gasteiger partial charge is 0.351 e. The highest BCUT2D eigenvalue weighted by atomic mass is 32.1. The van der Waals surface area contributed by atoms with E-state index in [1.54, 1.807) is 17.4 Å². The van der Waals surface area contributed by atoms with Crippen LogP contribution in [-0.2, 0) is 6.54 Å². The van der Waals surface area contributed by atoms with Crippen molar-refractivity contribution in [3.8, 4) is 10.7 Å². The molecule has 0 radical (unpaired) electrons. The van der Waals surface area contributed by atoms with Gasteiger partial charge in [0.1, 0.15) is 5.82 Å². The predicted octanol–water partition coefficient (Wildman–Crippen LogP) is 6.11. The SMILES string of the molecule is CC1=C(c2nc(-c3cccs3)no2)C(c2cccc(F)c2)NC(=S)N1Cc1cccc(C)c1. The van der Waals surface area contributed by atoms with Crippen LogP contribution >= 0.6 is 23.6 Å². The van der Waals surface area contributed by atoms with Gasteiger partial charge in [0.15, 0.2) is 5.11 Å². The highest BCUT2D eigenvalue weighted by Crippen LogP contribution is 2.38. The molecule has 5 rings (SSSR count). The number of benzene rings is 2. The maximum atomic E-state index is 14.1. The predicted molar refractivity (Wildman–Crippen MR) is 132 cm³/mol. The summed E-state index contributed by atoms with van der Waals surface area (Å²) in [5.74, 6) is 0.593. The minimum atomic E-state index is -0.418. The summed E-state index contributed by atoms with van der Waals surface area (Å²) in [6.07, 6.45) is 0. The van der Waals surface area contributed by atoms with Crippen LogP contribution < -0.4 is 5.32 Å². The van der Waals surface area contributed by atoms with Crippen molar-refractivity contribution in [1.82, 2.24) is 20.4 Å². The molecule has 0 amide bonds. The zero-order valence-corrected chi connectivity index (χ0v) is 19.7. The van der Waals surface area contributed by atoms with Crippen LogP contribution in [0.25, 0.3) is 16.3 Å². The van der Waals surface area contributed by atoms with Gasteiger partial charge in [-0.15, -0.1) is 11.3 Å². The van der Waals surface area contributed by atoms with Gasteiger partial charge in [0.2, 0.25) is 5.82 Å². The molecular formula is C25H21FN4OS2. The van der Waals surface area contributed by atoms with Crippen molar-refractivity contribution in [3.63, 3.8) is 0 Å². The normalized spacial score (nSPS) is 16.3. The second-order valence-corrected chi connectivity index (χ2v) is 9.25. The molecule has 0 saturated carbocycles. The first-order chi connectivity index (χ1) is 16.0. The molecule has 1 unspecified atom stereocenters. The zero-order valence-electron chi connectivity index (χ0n) is 18.1. The Hall–Kier alpha value is -3.36. The van der Waals surface area contributed by atoms with Gasteiger partial charge in [-0.3, -0.25) is 0 Å². The van der Waals surface area contributed by atoms with E-state index in [1.807, 2.05) is 41.5 Å². The molecule has 1 aliphatic rings. The Labute approximate surface area is 200 Å². The van der Waals surface area contributed by atoms with Crippen molar-refractivity contribution in [2.24, 2.45) is 0 Å². The van der Waals surface area contributed by atoms with Crippen LogP contribution in [0.2, 0.25) is 0 Å². The Bertz CT molecular complexity index is 1350. The van der Waals surface area contributed by atoms with E-state index in [0.717, 1.165) is 27.3 Å². The summed E-state index contributed by atoms with van der Waals surface area (Å²) in [5.41, 5.74) is 4.71. The lowest BCUT2D eigenvalue weighted by Crippen LogP contribution is -2.45. The Morgan fingerprint density at radius 1 is 1.12 bits per heavy atom. The molecule has 1 aliphatic heterocycles. The van der Waals surface area contributed by atoms with E-state index < -0.39 is 6.04 Å². The van der Waals surface area contributed by atoms with Gasteiger partial charge in [0, 0.05) is 12.2 Å². The maximum absolute atomic E-state index is 14.1. The zero-order chi connectivity index (χ0) is 22.9. The van der Waals surface area contributed by atoms with Gasteiger partial charge in [-0.05, 0) is 60.8 Å². The van der Waals surface area contributed by atoms with Crippen LogP contribution in [0.1, 0.15) is 35.5 Å². The summed E-state index contributed by atoms with van der Waals surface area (Å²) < 4.78 is 19.8. The third-order valence-corrected chi connectivity index (χ3v) is 6.80. The van der Waals surface area contributed by atoms with Crippen LogP contribution in [-0.4, -0.2) is 20.2 Å². The van der Waals surface area contributed by atoms with Gasteiger partial charge in [0.05, 0.1) is 16.5 Å². The highest BCUT2D eigenvalue weighted by molar-refractivity contribution is 7.80. The van der Waals surface area contributed by atoms with Gasteiger partial charge in [-0.1, -0.05) is 53.2 Å². The lowest BCUT2D eigenvalue weighted by Gasteiger charge is -2.37. The van der Waals surface area contributed by atoms with E-state index in [9.17, 15) is 4.39 Å². The maximum Gasteiger partial charge on any atom is 0.258 e. The van der Waals surface area contributed by atoms with Crippen molar-refractivity contribution in [3.05, 3.63) is 100 Å².